The molecule has 0 radical (unpaired) electrons. The van der Waals surface area contributed by atoms with Crippen molar-refractivity contribution in [3.8, 4) is 0 Å². The minimum Gasteiger partial charge on any atom is -0.444 e. The highest BCUT2D eigenvalue weighted by Gasteiger charge is 2.32. The number of halogens is 3. The Morgan fingerprint density at radius 3 is 2.44 bits per heavy atom. The summed E-state index contributed by atoms with van der Waals surface area (Å²) in [5.74, 6) is 0.0113. The number of aliphatic hydroxyl groups excluding tert-OH is 1. The first-order chi connectivity index (χ1) is 15.0. The van der Waals surface area contributed by atoms with Crippen molar-refractivity contribution in [2.75, 3.05) is 24.6 Å². The number of nitrogens with one attached hydrogen (secondary N) is 1. The van der Waals surface area contributed by atoms with Gasteiger partial charge in [-0.1, -0.05) is 12.1 Å². The van der Waals surface area contributed by atoms with Gasteiger partial charge < -0.3 is 20.1 Å². The van der Waals surface area contributed by atoms with Crippen molar-refractivity contribution in [1.29, 1.82) is 0 Å². The summed E-state index contributed by atoms with van der Waals surface area (Å²) in [4.78, 5) is 14.1. The monoisotopic (exact) mass is 450 g/mol. The van der Waals surface area contributed by atoms with Crippen LogP contribution in [0.15, 0.2) is 42.5 Å². The molecule has 2 aromatic rings. The number of ether oxygens (including phenoxy) is 1. The first-order valence-electron chi connectivity index (χ1n) is 10.6. The Morgan fingerprint density at radius 1 is 1.16 bits per heavy atom. The van der Waals surface area contributed by atoms with Gasteiger partial charge in [0.1, 0.15) is 5.60 Å². The van der Waals surface area contributed by atoms with Crippen LogP contribution in [0.25, 0.3) is 0 Å². The van der Waals surface area contributed by atoms with E-state index in [0.717, 1.165) is 28.9 Å². The molecule has 2 aromatic carbocycles. The Morgan fingerprint density at radius 2 is 1.84 bits per heavy atom. The number of nitrogens with zero attached hydrogens (tertiary/aromatic N) is 1. The maximum absolute atomic E-state index is 13.0. The summed E-state index contributed by atoms with van der Waals surface area (Å²) in [6, 6.07) is 10.9. The highest BCUT2D eigenvalue weighted by Crippen LogP contribution is 2.38. The fourth-order valence-corrected chi connectivity index (χ4v) is 3.93. The van der Waals surface area contributed by atoms with Crippen LogP contribution in [0.3, 0.4) is 0 Å². The van der Waals surface area contributed by atoms with Gasteiger partial charge in [0.2, 0.25) is 0 Å². The number of carbonyl (C=O) groups excluding carboxylic acids is 1. The van der Waals surface area contributed by atoms with Gasteiger partial charge in [-0.3, -0.25) is 0 Å². The molecule has 8 heteroatoms. The van der Waals surface area contributed by atoms with Gasteiger partial charge in [0.25, 0.3) is 0 Å². The molecule has 3 rings (SSSR count). The van der Waals surface area contributed by atoms with Gasteiger partial charge in [0.15, 0.2) is 0 Å². The lowest BCUT2D eigenvalue weighted by Crippen LogP contribution is -2.41. The summed E-state index contributed by atoms with van der Waals surface area (Å²) in [6.07, 6.45) is -3.74. The molecule has 0 fully saturated rings. The van der Waals surface area contributed by atoms with Gasteiger partial charge >= 0.3 is 12.3 Å². The second-order valence-electron chi connectivity index (χ2n) is 9.00. The molecule has 0 saturated carbocycles. The van der Waals surface area contributed by atoms with Crippen LogP contribution < -0.4 is 10.2 Å². The molecule has 0 spiro atoms. The second kappa shape index (κ2) is 9.40. The van der Waals surface area contributed by atoms with Crippen molar-refractivity contribution in [1.82, 2.24) is 5.32 Å². The van der Waals surface area contributed by atoms with Crippen molar-refractivity contribution < 1.29 is 27.8 Å². The highest BCUT2D eigenvalue weighted by atomic mass is 19.4. The third kappa shape index (κ3) is 5.94. The van der Waals surface area contributed by atoms with Crippen molar-refractivity contribution in [2.45, 2.75) is 45.4 Å². The van der Waals surface area contributed by atoms with Crippen LogP contribution in [0.5, 0.6) is 0 Å². The number of benzene rings is 2. The zero-order chi connectivity index (χ0) is 23.5. The van der Waals surface area contributed by atoms with Crippen LogP contribution in [-0.4, -0.2) is 36.5 Å². The number of rotatable bonds is 5. The molecule has 5 nitrogen and oxygen atoms in total. The van der Waals surface area contributed by atoms with Gasteiger partial charge in [0.05, 0.1) is 5.56 Å². The normalized spacial score (nSPS) is 16.5. The Hall–Kier alpha value is -2.74. The van der Waals surface area contributed by atoms with E-state index < -0.39 is 23.4 Å². The van der Waals surface area contributed by atoms with Crippen LogP contribution in [0.2, 0.25) is 0 Å². The van der Waals surface area contributed by atoms with Gasteiger partial charge in [-0.15, -0.1) is 0 Å². The predicted octanol–water partition coefficient (Wildman–Crippen LogP) is 5.08. The quantitative estimate of drug-likeness (QED) is 0.667. The third-order valence-corrected chi connectivity index (χ3v) is 5.29. The number of alkyl carbamates (subject to hydrolysis) is 1. The number of anilines is 2. The van der Waals surface area contributed by atoms with E-state index in [0.29, 0.717) is 31.6 Å². The van der Waals surface area contributed by atoms with Crippen molar-refractivity contribution in [3.63, 3.8) is 0 Å². The molecule has 1 heterocycles. The van der Waals surface area contributed by atoms with E-state index >= 15 is 0 Å². The zero-order valence-corrected chi connectivity index (χ0v) is 18.5. The van der Waals surface area contributed by atoms with Crippen LogP contribution in [-0.2, 0) is 23.8 Å². The van der Waals surface area contributed by atoms with E-state index in [-0.39, 0.29) is 12.5 Å². The Balaban J connectivity index is 1.87. The molecular formula is C24H29F3N2O3. The lowest BCUT2D eigenvalue weighted by molar-refractivity contribution is -0.137. The summed E-state index contributed by atoms with van der Waals surface area (Å²) < 4.78 is 44.3. The lowest BCUT2D eigenvalue weighted by Gasteiger charge is -2.37. The molecule has 0 aliphatic carbocycles. The molecule has 1 amide bonds. The molecule has 32 heavy (non-hydrogen) atoms. The first-order valence-corrected chi connectivity index (χ1v) is 10.6. The maximum atomic E-state index is 13.0. The molecule has 174 valence electrons. The summed E-state index contributed by atoms with van der Waals surface area (Å²) >= 11 is 0. The zero-order valence-electron chi connectivity index (χ0n) is 18.5. The van der Waals surface area contributed by atoms with Gasteiger partial charge in [0, 0.05) is 31.1 Å². The molecule has 1 aliphatic heterocycles. The summed E-state index contributed by atoms with van der Waals surface area (Å²) in [5, 5.41) is 12.3. The SMILES string of the molecule is CC(C)(C)OC(=O)NCC1Cc2c(CCO)cccc2N(c2ccc(C(F)(F)F)cc2)C1. The summed E-state index contributed by atoms with van der Waals surface area (Å²) in [7, 11) is 0. The standard InChI is InChI=1S/C24H29F3N2O3/c1-23(2,3)32-22(31)28-14-16-13-20-17(11-12-30)5-4-6-21(20)29(15-16)19-9-7-18(8-10-19)24(25,26)27/h4-10,16,30H,11-15H2,1-3H3,(H,28,31). The van der Waals surface area contributed by atoms with Crippen molar-refractivity contribution in [3.05, 3.63) is 59.2 Å². The fourth-order valence-electron chi connectivity index (χ4n) is 3.93. The number of hydrogen-bond donors (Lipinski definition) is 2. The number of hydrogen-bond acceptors (Lipinski definition) is 4. The van der Waals surface area contributed by atoms with E-state index in [9.17, 15) is 23.1 Å². The largest absolute Gasteiger partial charge is 0.444 e. The highest BCUT2D eigenvalue weighted by molar-refractivity contribution is 5.70. The van der Waals surface area contributed by atoms with Gasteiger partial charge in [-0.25, -0.2) is 4.79 Å². The molecule has 1 atom stereocenters. The fraction of sp³-hybridized carbons (Fsp3) is 0.458. The molecule has 2 N–H and O–H groups in total. The van der Waals surface area contributed by atoms with E-state index in [1.54, 1.807) is 20.8 Å². The number of aliphatic hydroxyl groups is 1. The Labute approximate surface area is 186 Å². The van der Waals surface area contributed by atoms with Gasteiger partial charge in [-0.2, -0.15) is 13.2 Å². The number of fused-ring (bicyclic) bond motifs is 1. The molecule has 1 aliphatic rings. The Bertz CT molecular complexity index is 937. The second-order valence-corrected chi connectivity index (χ2v) is 9.00. The van der Waals surface area contributed by atoms with Gasteiger partial charge in [-0.05, 0) is 81.0 Å². The third-order valence-electron chi connectivity index (χ3n) is 5.29. The molecule has 0 bridgehead atoms. The summed E-state index contributed by atoms with van der Waals surface area (Å²) in [5.41, 5.74) is 2.26. The molecular weight excluding hydrogens is 421 g/mol. The van der Waals surface area contributed by atoms with E-state index in [2.05, 4.69) is 5.32 Å². The smallest absolute Gasteiger partial charge is 0.416 e. The van der Waals surface area contributed by atoms with Crippen LogP contribution in [0.4, 0.5) is 29.3 Å². The predicted molar refractivity (Wildman–Crippen MR) is 117 cm³/mol. The molecule has 1 unspecified atom stereocenters. The number of amides is 1. The molecule has 0 aromatic heterocycles. The van der Waals surface area contributed by atoms with E-state index in [4.69, 9.17) is 4.74 Å². The first kappa shape index (κ1) is 23.9. The minimum absolute atomic E-state index is 0.00242. The topological polar surface area (TPSA) is 61.8 Å². The van der Waals surface area contributed by atoms with Crippen molar-refractivity contribution >= 4 is 17.5 Å². The minimum atomic E-state index is -4.40. The van der Waals surface area contributed by atoms with Crippen LogP contribution in [0.1, 0.15) is 37.5 Å². The van der Waals surface area contributed by atoms with E-state index in [1.807, 2.05) is 23.1 Å². The van der Waals surface area contributed by atoms with E-state index in [1.165, 1.54) is 12.1 Å². The average Bonchev–Trinajstić information content (AvgIpc) is 2.70. The number of alkyl halides is 3. The average molecular weight is 451 g/mol. The van der Waals surface area contributed by atoms with Crippen molar-refractivity contribution in [2.24, 2.45) is 5.92 Å². The summed E-state index contributed by atoms with van der Waals surface area (Å²) in [6.45, 7) is 6.25. The Kier molecular flexibility index (Phi) is 7.03. The molecule has 0 saturated heterocycles. The lowest BCUT2D eigenvalue weighted by atomic mass is 9.88. The van der Waals surface area contributed by atoms with Crippen LogP contribution >= 0.6 is 0 Å². The van der Waals surface area contributed by atoms with Crippen LogP contribution in [0, 0.1) is 5.92 Å². The number of carbonyl (C=O) groups is 1. The maximum Gasteiger partial charge on any atom is 0.416 e.